The number of aryl methyl sites for hydroxylation is 1. The molecule has 0 spiro atoms. The molecule has 0 aliphatic carbocycles. The number of rotatable bonds is 4. The molecule has 146 valence electrons. The summed E-state index contributed by atoms with van der Waals surface area (Å²) in [5.74, 6) is -0.233. The Balaban J connectivity index is 1.67. The van der Waals surface area contributed by atoms with Gasteiger partial charge in [0.05, 0.1) is 10.6 Å². The number of aromatic nitrogens is 2. The predicted octanol–water partition coefficient (Wildman–Crippen LogP) is 4.20. The summed E-state index contributed by atoms with van der Waals surface area (Å²) in [5.41, 5.74) is 1.33. The average Bonchev–Trinajstić information content (AvgIpc) is 3.29. The van der Waals surface area contributed by atoms with Gasteiger partial charge >= 0.3 is 0 Å². The molecule has 3 heterocycles. The summed E-state index contributed by atoms with van der Waals surface area (Å²) in [5, 5.41) is 0.651. The summed E-state index contributed by atoms with van der Waals surface area (Å²) in [6.45, 7) is 5.38. The van der Waals surface area contributed by atoms with Gasteiger partial charge in [-0.15, -0.1) is 11.3 Å². The molecule has 1 aliphatic heterocycles. The van der Waals surface area contributed by atoms with Gasteiger partial charge in [-0.05, 0) is 44.4 Å². The summed E-state index contributed by atoms with van der Waals surface area (Å²) in [6.07, 6.45) is 2.09. The Morgan fingerprint density at radius 3 is 2.64 bits per heavy atom. The minimum Gasteiger partial charge on any atom is -0.342 e. The Kier molecular flexibility index (Phi) is 5.25. The van der Waals surface area contributed by atoms with Gasteiger partial charge in [0.2, 0.25) is 5.91 Å². The second-order valence-corrected chi connectivity index (χ2v) is 9.42. The fourth-order valence-corrected chi connectivity index (χ4v) is 5.52. The molecule has 1 aromatic carbocycles. The Labute approximate surface area is 170 Å². The van der Waals surface area contributed by atoms with Gasteiger partial charge in [0.25, 0.3) is 5.56 Å². The number of hydrogen-bond donors (Lipinski definition) is 1. The molecule has 1 N–H and O–H groups in total. The van der Waals surface area contributed by atoms with Gasteiger partial charge in [-0.1, -0.05) is 23.9 Å². The van der Waals surface area contributed by atoms with E-state index in [2.05, 4.69) is 9.97 Å². The van der Waals surface area contributed by atoms with Gasteiger partial charge < -0.3 is 9.88 Å². The van der Waals surface area contributed by atoms with E-state index in [-0.39, 0.29) is 22.5 Å². The van der Waals surface area contributed by atoms with Crippen molar-refractivity contribution < 1.29 is 9.18 Å². The molecule has 0 bridgehead atoms. The van der Waals surface area contributed by atoms with Crippen LogP contribution in [0.15, 0.2) is 34.2 Å². The third-order valence-electron chi connectivity index (χ3n) is 4.90. The largest absolute Gasteiger partial charge is 0.342 e. The number of nitrogens with one attached hydrogen (secondary N) is 1. The molecule has 1 aliphatic rings. The normalized spacial score (nSPS) is 15.3. The molecule has 3 aromatic rings. The van der Waals surface area contributed by atoms with Gasteiger partial charge in [0.1, 0.15) is 10.6 Å². The molecule has 8 heteroatoms. The fourth-order valence-electron chi connectivity index (χ4n) is 3.53. The van der Waals surface area contributed by atoms with Crippen LogP contribution in [-0.2, 0) is 4.79 Å². The van der Waals surface area contributed by atoms with E-state index in [0.29, 0.717) is 15.4 Å². The van der Waals surface area contributed by atoms with Crippen LogP contribution in [-0.4, -0.2) is 39.1 Å². The maximum Gasteiger partial charge on any atom is 0.260 e. The quantitative estimate of drug-likeness (QED) is 0.510. The second-order valence-electron chi connectivity index (χ2n) is 6.88. The zero-order chi connectivity index (χ0) is 19.8. The number of likely N-dealkylation sites (tertiary alicyclic amines) is 1. The molecule has 4 rings (SSSR count). The first-order valence-corrected chi connectivity index (χ1v) is 10.9. The van der Waals surface area contributed by atoms with Crippen LogP contribution in [0.2, 0.25) is 0 Å². The van der Waals surface area contributed by atoms with Crippen LogP contribution in [0.3, 0.4) is 0 Å². The summed E-state index contributed by atoms with van der Waals surface area (Å²) in [6, 6.07) is 6.11. The number of aromatic amines is 1. The summed E-state index contributed by atoms with van der Waals surface area (Å²) in [4.78, 5) is 36.2. The number of thiophene rings is 1. The number of H-pyrrole nitrogens is 1. The topological polar surface area (TPSA) is 66.1 Å². The van der Waals surface area contributed by atoms with Crippen molar-refractivity contribution >= 4 is 39.2 Å². The van der Waals surface area contributed by atoms with Crippen LogP contribution in [0, 0.1) is 12.7 Å². The second kappa shape index (κ2) is 7.67. The zero-order valence-electron chi connectivity index (χ0n) is 15.6. The third kappa shape index (κ3) is 3.58. The number of thioether (sulfide) groups is 1. The lowest BCUT2D eigenvalue weighted by atomic mass is 10.0. The monoisotopic (exact) mass is 417 g/mol. The van der Waals surface area contributed by atoms with Crippen LogP contribution >= 0.6 is 23.1 Å². The van der Waals surface area contributed by atoms with Crippen LogP contribution < -0.4 is 5.56 Å². The summed E-state index contributed by atoms with van der Waals surface area (Å²) >= 11 is 2.71. The van der Waals surface area contributed by atoms with Crippen molar-refractivity contribution in [1.82, 2.24) is 14.9 Å². The first kappa shape index (κ1) is 19.1. The maximum absolute atomic E-state index is 13.3. The van der Waals surface area contributed by atoms with Gasteiger partial charge in [0, 0.05) is 23.5 Å². The Hall–Kier alpha value is -2.19. The highest BCUT2D eigenvalue weighted by molar-refractivity contribution is 8.00. The minimum atomic E-state index is -0.316. The molecule has 1 saturated heterocycles. The van der Waals surface area contributed by atoms with Crippen molar-refractivity contribution in [3.05, 3.63) is 45.3 Å². The average molecular weight is 418 g/mol. The standard InChI is InChI=1S/C20H20FN3O2S2/c1-11-15(13-5-7-14(21)8-6-13)16-17(25)22-20(23-18(16)27-11)28-12(2)19(26)24-9-3-4-10-24/h5-8,12H,3-4,9-10H2,1-2H3,(H,22,23,25)/t12-/m0/s1. The van der Waals surface area contributed by atoms with Crippen molar-refractivity contribution in [3.63, 3.8) is 0 Å². The number of carbonyl (C=O) groups is 1. The Morgan fingerprint density at radius 2 is 1.96 bits per heavy atom. The molecule has 28 heavy (non-hydrogen) atoms. The molecule has 0 saturated carbocycles. The molecule has 0 unspecified atom stereocenters. The first-order chi connectivity index (χ1) is 13.4. The lowest BCUT2D eigenvalue weighted by Crippen LogP contribution is -2.34. The number of nitrogens with zero attached hydrogens (tertiary/aromatic N) is 2. The predicted molar refractivity (Wildman–Crippen MR) is 112 cm³/mol. The minimum absolute atomic E-state index is 0.0830. The number of carbonyl (C=O) groups excluding carboxylic acids is 1. The van der Waals surface area contributed by atoms with Crippen LogP contribution in [0.25, 0.3) is 21.3 Å². The highest BCUT2D eigenvalue weighted by Crippen LogP contribution is 2.36. The molecular formula is C20H20FN3O2S2. The molecule has 5 nitrogen and oxygen atoms in total. The summed E-state index contributed by atoms with van der Waals surface area (Å²) < 4.78 is 13.3. The van der Waals surface area contributed by atoms with Crippen molar-refractivity contribution in [2.45, 2.75) is 37.1 Å². The highest BCUT2D eigenvalue weighted by atomic mass is 32.2. The SMILES string of the molecule is Cc1sc2nc(S[C@@H](C)C(=O)N3CCCC3)[nH]c(=O)c2c1-c1ccc(F)cc1. The van der Waals surface area contributed by atoms with E-state index in [1.54, 1.807) is 12.1 Å². The van der Waals surface area contributed by atoms with Crippen LogP contribution in [0.5, 0.6) is 0 Å². The zero-order valence-corrected chi connectivity index (χ0v) is 17.3. The number of amides is 1. The van der Waals surface area contributed by atoms with Gasteiger partial charge in [-0.2, -0.15) is 0 Å². The van der Waals surface area contributed by atoms with E-state index in [1.807, 2.05) is 18.7 Å². The van der Waals surface area contributed by atoms with Crippen molar-refractivity contribution in [2.75, 3.05) is 13.1 Å². The molecule has 1 fully saturated rings. The molecule has 0 radical (unpaired) electrons. The van der Waals surface area contributed by atoms with E-state index in [4.69, 9.17) is 0 Å². The first-order valence-electron chi connectivity index (χ1n) is 9.19. The van der Waals surface area contributed by atoms with Crippen molar-refractivity contribution in [3.8, 4) is 11.1 Å². The maximum atomic E-state index is 13.3. The van der Waals surface area contributed by atoms with Crippen LogP contribution in [0.1, 0.15) is 24.6 Å². The van der Waals surface area contributed by atoms with Gasteiger partial charge in [0.15, 0.2) is 5.16 Å². The molecule has 2 aromatic heterocycles. The highest BCUT2D eigenvalue weighted by Gasteiger charge is 2.25. The lowest BCUT2D eigenvalue weighted by Gasteiger charge is -2.19. The smallest absolute Gasteiger partial charge is 0.260 e. The third-order valence-corrected chi connectivity index (χ3v) is 6.87. The molecular weight excluding hydrogens is 397 g/mol. The molecule has 1 atom stereocenters. The summed E-state index contributed by atoms with van der Waals surface area (Å²) in [7, 11) is 0. The number of halogens is 1. The van der Waals surface area contributed by atoms with Gasteiger partial charge in [-0.25, -0.2) is 9.37 Å². The van der Waals surface area contributed by atoms with E-state index in [1.165, 1.54) is 35.2 Å². The van der Waals surface area contributed by atoms with Crippen LogP contribution in [0.4, 0.5) is 4.39 Å². The molecule has 1 amide bonds. The number of benzene rings is 1. The van der Waals surface area contributed by atoms with E-state index < -0.39 is 0 Å². The lowest BCUT2D eigenvalue weighted by molar-refractivity contribution is -0.129. The Morgan fingerprint density at radius 1 is 1.29 bits per heavy atom. The number of fused-ring (bicyclic) bond motifs is 1. The van der Waals surface area contributed by atoms with Gasteiger partial charge in [-0.3, -0.25) is 9.59 Å². The Bertz CT molecular complexity index is 1090. The number of hydrogen-bond acceptors (Lipinski definition) is 5. The van der Waals surface area contributed by atoms with E-state index in [0.717, 1.165) is 41.9 Å². The fraction of sp³-hybridized carbons (Fsp3) is 0.350. The van der Waals surface area contributed by atoms with Crippen molar-refractivity contribution in [2.24, 2.45) is 0 Å². The van der Waals surface area contributed by atoms with Crippen molar-refractivity contribution in [1.29, 1.82) is 0 Å². The van der Waals surface area contributed by atoms with E-state index in [9.17, 15) is 14.0 Å². The van der Waals surface area contributed by atoms with E-state index >= 15 is 0 Å².